The van der Waals surface area contributed by atoms with Crippen molar-refractivity contribution in [3.63, 3.8) is 0 Å². The van der Waals surface area contributed by atoms with Crippen molar-refractivity contribution in [2.75, 3.05) is 10.6 Å². The Labute approximate surface area is 164 Å². The van der Waals surface area contributed by atoms with Gasteiger partial charge in [-0.3, -0.25) is 9.10 Å². The molecule has 152 valence electrons. The molecule has 0 bridgehead atoms. The van der Waals surface area contributed by atoms with Crippen molar-refractivity contribution < 1.29 is 13.2 Å². The van der Waals surface area contributed by atoms with Gasteiger partial charge in [-0.2, -0.15) is 0 Å². The first kappa shape index (κ1) is 21.7. The summed E-state index contributed by atoms with van der Waals surface area (Å²) < 4.78 is 26.4. The van der Waals surface area contributed by atoms with Gasteiger partial charge in [0.25, 0.3) is 0 Å². The number of sulfonamides is 1. The maximum absolute atomic E-state index is 13.0. The first-order valence-electron chi connectivity index (χ1n) is 10.1. The van der Waals surface area contributed by atoms with E-state index in [0.717, 1.165) is 36.8 Å². The predicted molar refractivity (Wildman–Crippen MR) is 112 cm³/mol. The first-order chi connectivity index (χ1) is 12.7. The minimum atomic E-state index is -3.59. The molecule has 1 aliphatic rings. The molecule has 0 saturated heterocycles. The van der Waals surface area contributed by atoms with Crippen LogP contribution < -0.4 is 9.62 Å². The minimum absolute atomic E-state index is 0.146. The second-order valence-electron chi connectivity index (χ2n) is 7.80. The van der Waals surface area contributed by atoms with Crippen LogP contribution in [0.15, 0.2) is 18.2 Å². The molecule has 0 aromatic heterocycles. The summed E-state index contributed by atoms with van der Waals surface area (Å²) >= 11 is 0. The Morgan fingerprint density at radius 1 is 1.11 bits per heavy atom. The summed E-state index contributed by atoms with van der Waals surface area (Å²) in [5.41, 5.74) is 2.66. The number of anilines is 1. The van der Waals surface area contributed by atoms with Crippen LogP contribution in [0.3, 0.4) is 0 Å². The third kappa shape index (κ3) is 5.96. The topological polar surface area (TPSA) is 66.5 Å². The van der Waals surface area contributed by atoms with E-state index in [4.69, 9.17) is 0 Å². The van der Waals surface area contributed by atoms with Crippen LogP contribution in [-0.4, -0.2) is 32.7 Å². The van der Waals surface area contributed by atoms with Crippen LogP contribution in [0.4, 0.5) is 5.69 Å². The monoisotopic (exact) mass is 394 g/mol. The van der Waals surface area contributed by atoms with Crippen molar-refractivity contribution in [2.24, 2.45) is 0 Å². The maximum Gasteiger partial charge on any atom is 0.244 e. The Hall–Kier alpha value is -1.56. The lowest BCUT2D eigenvalue weighted by Gasteiger charge is -2.32. The van der Waals surface area contributed by atoms with Gasteiger partial charge >= 0.3 is 0 Å². The highest BCUT2D eigenvalue weighted by Gasteiger charge is 2.32. The van der Waals surface area contributed by atoms with Crippen LogP contribution in [0, 0.1) is 13.8 Å². The fraction of sp³-hybridized carbons (Fsp3) is 0.667. The van der Waals surface area contributed by atoms with Gasteiger partial charge < -0.3 is 5.32 Å². The molecule has 0 spiro atoms. The quantitative estimate of drug-likeness (QED) is 0.791. The normalized spacial score (nSPS) is 17.6. The zero-order valence-corrected chi connectivity index (χ0v) is 17.9. The first-order valence-corrected chi connectivity index (χ1v) is 12.0. The van der Waals surface area contributed by atoms with Crippen LogP contribution in [-0.2, 0) is 14.8 Å². The van der Waals surface area contributed by atoms with Crippen LogP contribution >= 0.6 is 0 Å². The highest BCUT2D eigenvalue weighted by atomic mass is 32.2. The Kier molecular flexibility index (Phi) is 7.71. The Balaban J connectivity index is 2.25. The van der Waals surface area contributed by atoms with Crippen molar-refractivity contribution in [3.8, 4) is 0 Å². The number of nitrogens with zero attached hydrogens (tertiary/aromatic N) is 1. The summed E-state index contributed by atoms with van der Waals surface area (Å²) in [6.45, 7) is 5.80. The molecule has 27 heavy (non-hydrogen) atoms. The average Bonchev–Trinajstić information content (AvgIpc) is 2.56. The number of benzene rings is 1. The number of hydrogen-bond acceptors (Lipinski definition) is 3. The number of amides is 1. The van der Waals surface area contributed by atoms with Crippen LogP contribution in [0.5, 0.6) is 0 Å². The van der Waals surface area contributed by atoms with E-state index in [-0.39, 0.29) is 11.9 Å². The number of rotatable bonds is 6. The lowest BCUT2D eigenvalue weighted by molar-refractivity contribution is -0.123. The van der Waals surface area contributed by atoms with Gasteiger partial charge in [0.15, 0.2) is 0 Å². The van der Waals surface area contributed by atoms with Gasteiger partial charge in [-0.1, -0.05) is 45.1 Å². The van der Waals surface area contributed by atoms with E-state index in [1.54, 1.807) is 6.07 Å². The van der Waals surface area contributed by atoms with Crippen molar-refractivity contribution in [3.05, 3.63) is 29.3 Å². The maximum atomic E-state index is 13.0. The standard InChI is InChI=1S/C21H34N2O3S/c1-5-20(21(24)22-18-11-9-7-6-8-10-12-18)23(27(4,25)26)19-14-13-16(2)17(3)15-19/h13-15,18,20H,5-12H2,1-4H3,(H,22,24). The van der Waals surface area contributed by atoms with Crippen LogP contribution in [0.2, 0.25) is 0 Å². The lowest BCUT2D eigenvalue weighted by Crippen LogP contribution is -2.51. The molecule has 5 nitrogen and oxygen atoms in total. The second-order valence-corrected chi connectivity index (χ2v) is 9.66. The third-order valence-electron chi connectivity index (χ3n) is 5.53. The zero-order valence-electron chi connectivity index (χ0n) is 17.1. The summed E-state index contributed by atoms with van der Waals surface area (Å²) in [5, 5.41) is 3.14. The Bertz CT molecular complexity index is 738. The molecule has 0 heterocycles. The molecule has 1 N–H and O–H groups in total. The Morgan fingerprint density at radius 2 is 1.70 bits per heavy atom. The molecular weight excluding hydrogens is 360 g/mol. The molecular formula is C21H34N2O3S. The van der Waals surface area contributed by atoms with Gasteiger partial charge in [-0.15, -0.1) is 0 Å². The average molecular weight is 395 g/mol. The highest BCUT2D eigenvalue weighted by molar-refractivity contribution is 7.92. The predicted octanol–water partition coefficient (Wildman–Crippen LogP) is 4.08. The van der Waals surface area contributed by atoms with Gasteiger partial charge in [0, 0.05) is 6.04 Å². The van der Waals surface area contributed by atoms with E-state index in [2.05, 4.69) is 5.32 Å². The minimum Gasteiger partial charge on any atom is -0.352 e. The molecule has 1 fully saturated rings. The number of carbonyl (C=O) groups excluding carboxylic acids is 1. The van der Waals surface area contributed by atoms with E-state index in [0.29, 0.717) is 12.1 Å². The largest absolute Gasteiger partial charge is 0.352 e. The number of carbonyl (C=O) groups is 1. The molecule has 1 aromatic rings. The van der Waals surface area contributed by atoms with E-state index in [1.165, 1.54) is 29.8 Å². The van der Waals surface area contributed by atoms with Gasteiger partial charge in [0.2, 0.25) is 15.9 Å². The van der Waals surface area contributed by atoms with Crippen molar-refractivity contribution in [1.29, 1.82) is 0 Å². The van der Waals surface area contributed by atoms with Gasteiger partial charge in [0.1, 0.15) is 6.04 Å². The third-order valence-corrected chi connectivity index (χ3v) is 6.71. The molecule has 1 unspecified atom stereocenters. The van der Waals surface area contributed by atoms with Crippen molar-refractivity contribution >= 4 is 21.6 Å². The molecule has 0 radical (unpaired) electrons. The molecule has 6 heteroatoms. The summed E-state index contributed by atoms with van der Waals surface area (Å²) in [7, 11) is -3.59. The smallest absolute Gasteiger partial charge is 0.244 e. The van der Waals surface area contributed by atoms with E-state index >= 15 is 0 Å². The molecule has 1 saturated carbocycles. The number of hydrogen-bond donors (Lipinski definition) is 1. The Morgan fingerprint density at radius 3 is 2.22 bits per heavy atom. The van der Waals surface area contributed by atoms with Crippen LogP contribution in [0.25, 0.3) is 0 Å². The van der Waals surface area contributed by atoms with E-state index in [1.807, 2.05) is 32.9 Å². The molecule has 1 aromatic carbocycles. The van der Waals surface area contributed by atoms with Crippen LogP contribution in [0.1, 0.15) is 69.4 Å². The van der Waals surface area contributed by atoms with Gasteiger partial charge in [-0.25, -0.2) is 8.42 Å². The molecule has 1 aliphatic carbocycles. The molecule has 2 rings (SSSR count). The zero-order chi connectivity index (χ0) is 20.0. The summed E-state index contributed by atoms with van der Waals surface area (Å²) in [6.07, 6.45) is 9.49. The summed E-state index contributed by atoms with van der Waals surface area (Å²) in [5.74, 6) is -0.188. The molecule has 0 aliphatic heterocycles. The highest BCUT2D eigenvalue weighted by Crippen LogP contribution is 2.25. The fourth-order valence-corrected chi connectivity index (χ4v) is 5.02. The van der Waals surface area contributed by atoms with Crippen molar-refractivity contribution in [2.45, 2.75) is 84.2 Å². The lowest BCUT2D eigenvalue weighted by atomic mass is 9.96. The fourth-order valence-electron chi connectivity index (χ4n) is 3.82. The van der Waals surface area contributed by atoms with Crippen molar-refractivity contribution in [1.82, 2.24) is 5.32 Å². The number of aryl methyl sites for hydroxylation is 2. The van der Waals surface area contributed by atoms with E-state index < -0.39 is 16.1 Å². The molecule has 1 atom stereocenters. The second kappa shape index (κ2) is 9.58. The molecule has 1 amide bonds. The summed E-state index contributed by atoms with van der Waals surface area (Å²) in [4.78, 5) is 13.0. The van der Waals surface area contributed by atoms with E-state index in [9.17, 15) is 13.2 Å². The van der Waals surface area contributed by atoms with Gasteiger partial charge in [-0.05, 0) is 56.4 Å². The van der Waals surface area contributed by atoms with Gasteiger partial charge in [0.05, 0.1) is 11.9 Å². The SMILES string of the molecule is CCC(C(=O)NC1CCCCCCC1)N(c1ccc(C)c(C)c1)S(C)(=O)=O. The summed E-state index contributed by atoms with van der Waals surface area (Å²) in [6, 6.07) is 4.96. The number of nitrogens with one attached hydrogen (secondary N) is 1.